The Hall–Kier alpha value is -2.66. The Kier molecular flexibility index (Phi) is 1.80. The first kappa shape index (κ1) is 9.88. The summed E-state index contributed by atoms with van der Waals surface area (Å²) in [6.45, 7) is 0. The average molecular weight is 232 g/mol. The predicted octanol–water partition coefficient (Wildman–Crippen LogP) is -1.93. The normalized spacial score (nSPS) is 27.5. The number of nitrogens with zero attached hydrogens (tertiary/aromatic N) is 4. The lowest BCUT2D eigenvalue weighted by atomic mass is 10.4. The van der Waals surface area contributed by atoms with Crippen molar-refractivity contribution in [2.24, 2.45) is 0 Å². The first-order valence-electron chi connectivity index (χ1n) is 3.91. The van der Waals surface area contributed by atoms with Crippen LogP contribution >= 0.6 is 0 Å². The molecule has 12 nitrogen and oxygen atoms in total. The summed E-state index contributed by atoms with van der Waals surface area (Å²) in [5.74, 6) is 0. The summed E-state index contributed by atoms with van der Waals surface area (Å²) in [6.07, 6.45) is -2.78. The maximum atomic E-state index is 11.1. The van der Waals surface area contributed by atoms with Gasteiger partial charge in [-0.2, -0.15) is 0 Å². The van der Waals surface area contributed by atoms with Crippen LogP contribution in [0.4, 0.5) is 9.59 Å². The zero-order valence-electron chi connectivity index (χ0n) is 7.39. The van der Waals surface area contributed by atoms with E-state index < -0.39 is 34.5 Å². The van der Waals surface area contributed by atoms with Crippen LogP contribution < -0.4 is 10.6 Å². The maximum Gasteiger partial charge on any atom is 0.379 e. The number of amides is 4. The highest BCUT2D eigenvalue weighted by Gasteiger charge is 2.61. The SMILES string of the molecule is O=C1NC2C(NC(=O)N2[N+](=O)[O-])N1[N+](=O)[O-]. The van der Waals surface area contributed by atoms with E-state index >= 15 is 0 Å². The number of rotatable bonds is 2. The van der Waals surface area contributed by atoms with Crippen molar-refractivity contribution in [1.82, 2.24) is 20.7 Å². The minimum Gasteiger partial charge on any atom is -0.304 e. The molecule has 2 fully saturated rings. The molecule has 2 heterocycles. The lowest BCUT2D eigenvalue weighted by molar-refractivity contribution is -0.651. The molecule has 12 heteroatoms. The molecule has 2 rings (SSSR count). The fourth-order valence-electron chi connectivity index (χ4n) is 1.54. The van der Waals surface area contributed by atoms with Crippen molar-refractivity contribution in [3.8, 4) is 0 Å². The van der Waals surface area contributed by atoms with Crippen LogP contribution in [0.5, 0.6) is 0 Å². The molecule has 4 amide bonds. The number of urea groups is 2. The van der Waals surface area contributed by atoms with Crippen LogP contribution in [0.1, 0.15) is 0 Å². The number of hydrogen-bond donors (Lipinski definition) is 2. The van der Waals surface area contributed by atoms with Crippen molar-refractivity contribution in [2.75, 3.05) is 0 Å². The zero-order chi connectivity index (χ0) is 12.0. The fourth-order valence-corrected chi connectivity index (χ4v) is 1.54. The van der Waals surface area contributed by atoms with Crippen molar-refractivity contribution in [1.29, 1.82) is 0 Å². The van der Waals surface area contributed by atoms with Crippen molar-refractivity contribution in [2.45, 2.75) is 12.3 Å². The van der Waals surface area contributed by atoms with E-state index in [1.54, 1.807) is 0 Å². The largest absolute Gasteiger partial charge is 0.379 e. The summed E-state index contributed by atoms with van der Waals surface area (Å²) in [7, 11) is 0. The number of carbonyl (C=O) groups excluding carboxylic acids is 2. The van der Waals surface area contributed by atoms with Gasteiger partial charge < -0.3 is 10.6 Å². The van der Waals surface area contributed by atoms with Crippen LogP contribution in [0.25, 0.3) is 0 Å². The van der Waals surface area contributed by atoms with E-state index in [0.717, 1.165) is 0 Å². The summed E-state index contributed by atoms with van der Waals surface area (Å²) in [4.78, 5) is 43.1. The highest BCUT2D eigenvalue weighted by atomic mass is 16.7. The third-order valence-corrected chi connectivity index (χ3v) is 2.14. The summed E-state index contributed by atoms with van der Waals surface area (Å²) in [5, 5.41) is 22.9. The lowest BCUT2D eigenvalue weighted by Crippen LogP contribution is -2.46. The highest BCUT2D eigenvalue weighted by molar-refractivity contribution is 5.83. The predicted molar refractivity (Wildman–Crippen MR) is 42.3 cm³/mol. The van der Waals surface area contributed by atoms with Crippen LogP contribution in [-0.4, -0.2) is 44.5 Å². The third-order valence-electron chi connectivity index (χ3n) is 2.14. The maximum absolute atomic E-state index is 11.1. The standard InChI is InChI=1S/C4H4N6O6/c11-3-5-1-2(8(3)10(15)16)6-4(12)7(1)9(13)14/h1-2H,(H,5,11)(H,6,12). The Labute approximate surface area is 86.0 Å². The zero-order valence-corrected chi connectivity index (χ0v) is 7.39. The molecule has 0 bridgehead atoms. The molecule has 0 aromatic rings. The second kappa shape index (κ2) is 2.91. The first-order valence-corrected chi connectivity index (χ1v) is 3.91. The van der Waals surface area contributed by atoms with Crippen LogP contribution in [-0.2, 0) is 0 Å². The summed E-state index contributed by atoms with van der Waals surface area (Å²) < 4.78 is 0. The smallest absolute Gasteiger partial charge is 0.304 e. The van der Waals surface area contributed by atoms with Crippen molar-refractivity contribution in [3.63, 3.8) is 0 Å². The van der Waals surface area contributed by atoms with Crippen molar-refractivity contribution < 1.29 is 19.7 Å². The topological polar surface area (TPSA) is 151 Å². The lowest BCUT2D eigenvalue weighted by Gasteiger charge is -2.09. The highest BCUT2D eigenvalue weighted by Crippen LogP contribution is 2.20. The van der Waals surface area contributed by atoms with Crippen molar-refractivity contribution in [3.05, 3.63) is 20.2 Å². The Balaban J connectivity index is 2.32. The number of hydrogen-bond acceptors (Lipinski definition) is 6. The number of carbonyl (C=O) groups is 2. The molecule has 2 aliphatic heterocycles. The first-order chi connectivity index (χ1) is 7.43. The summed E-state index contributed by atoms with van der Waals surface area (Å²) in [6, 6.07) is -2.24. The minimum atomic E-state index is -1.39. The van der Waals surface area contributed by atoms with Gasteiger partial charge in [0.25, 0.3) is 0 Å². The van der Waals surface area contributed by atoms with Crippen LogP contribution in [0.15, 0.2) is 0 Å². The van der Waals surface area contributed by atoms with Crippen molar-refractivity contribution >= 4 is 12.1 Å². The van der Waals surface area contributed by atoms with E-state index in [0.29, 0.717) is 0 Å². The molecule has 2 N–H and O–H groups in total. The van der Waals surface area contributed by atoms with E-state index in [1.165, 1.54) is 0 Å². The van der Waals surface area contributed by atoms with E-state index in [1.807, 2.05) is 10.6 Å². The second-order valence-corrected chi connectivity index (χ2v) is 2.95. The molecule has 16 heavy (non-hydrogen) atoms. The van der Waals surface area contributed by atoms with Gasteiger partial charge in [-0.05, 0) is 10.0 Å². The Morgan fingerprint density at radius 1 is 0.938 bits per heavy atom. The van der Waals surface area contributed by atoms with Gasteiger partial charge in [0.2, 0.25) is 12.3 Å². The van der Waals surface area contributed by atoms with E-state index in [2.05, 4.69) is 0 Å². The molecule has 0 radical (unpaired) electrons. The molecule has 2 atom stereocenters. The van der Waals surface area contributed by atoms with E-state index in [-0.39, 0.29) is 10.0 Å². The van der Waals surface area contributed by atoms with Gasteiger partial charge in [0.1, 0.15) is 0 Å². The Morgan fingerprint density at radius 2 is 1.25 bits per heavy atom. The molecule has 0 aliphatic carbocycles. The summed E-state index contributed by atoms with van der Waals surface area (Å²) in [5.41, 5.74) is 0. The average Bonchev–Trinajstić information content (AvgIpc) is 2.55. The number of hydrazine groups is 2. The van der Waals surface area contributed by atoms with Gasteiger partial charge in [-0.15, -0.1) is 0 Å². The van der Waals surface area contributed by atoms with E-state index in [9.17, 15) is 29.8 Å². The molecular weight excluding hydrogens is 228 g/mol. The number of nitro groups is 2. The Bertz CT molecular complexity index is 370. The molecule has 2 saturated heterocycles. The quantitative estimate of drug-likeness (QED) is 0.418. The van der Waals surface area contributed by atoms with Gasteiger partial charge in [-0.1, -0.05) is 0 Å². The molecule has 86 valence electrons. The minimum absolute atomic E-state index is 0.0894. The van der Waals surface area contributed by atoms with Gasteiger partial charge in [0.05, 0.1) is 0 Å². The van der Waals surface area contributed by atoms with Gasteiger partial charge >= 0.3 is 12.1 Å². The second-order valence-electron chi connectivity index (χ2n) is 2.95. The molecule has 0 spiro atoms. The van der Waals surface area contributed by atoms with E-state index in [4.69, 9.17) is 0 Å². The fraction of sp³-hybridized carbons (Fsp3) is 0.500. The third kappa shape index (κ3) is 1.09. The molecular formula is C4H4N6O6. The van der Waals surface area contributed by atoms with Gasteiger partial charge in [-0.25, -0.2) is 29.8 Å². The van der Waals surface area contributed by atoms with Gasteiger partial charge in [0.15, 0.2) is 10.1 Å². The van der Waals surface area contributed by atoms with Gasteiger partial charge in [0, 0.05) is 0 Å². The number of fused-ring (bicyclic) bond motifs is 1. The van der Waals surface area contributed by atoms with Crippen LogP contribution in [0, 0.1) is 20.2 Å². The van der Waals surface area contributed by atoms with Gasteiger partial charge in [-0.3, -0.25) is 0 Å². The summed E-state index contributed by atoms with van der Waals surface area (Å²) >= 11 is 0. The number of nitrogens with one attached hydrogen (secondary N) is 2. The van der Waals surface area contributed by atoms with Crippen LogP contribution in [0.3, 0.4) is 0 Å². The monoisotopic (exact) mass is 232 g/mol. The molecule has 0 aromatic heterocycles. The molecule has 0 saturated carbocycles. The van der Waals surface area contributed by atoms with Crippen LogP contribution in [0.2, 0.25) is 0 Å². The molecule has 2 aliphatic rings. The molecule has 0 aromatic carbocycles. The Morgan fingerprint density at radius 3 is 1.50 bits per heavy atom. The molecule has 2 unspecified atom stereocenters.